The zero-order chi connectivity index (χ0) is 23.4. The highest BCUT2D eigenvalue weighted by Gasteiger charge is 2.18. The van der Waals surface area contributed by atoms with Gasteiger partial charge in [0, 0.05) is 18.0 Å². The Bertz CT molecular complexity index is 1320. The minimum Gasteiger partial charge on any atom is -0.493 e. The Hall–Kier alpha value is -3.93. The summed E-state index contributed by atoms with van der Waals surface area (Å²) in [6.45, 7) is 1.92. The van der Waals surface area contributed by atoms with Crippen LogP contribution in [0.4, 0.5) is 0 Å². The lowest BCUT2D eigenvalue weighted by Gasteiger charge is -2.12. The SMILES string of the molecule is COc1cccc(CCNC(=O)Cn2nc(-c3cc(-c4csc(C)n4)on3)oc2=O)c1OC. The van der Waals surface area contributed by atoms with Crippen molar-refractivity contribution in [2.45, 2.75) is 19.9 Å². The lowest BCUT2D eigenvalue weighted by Crippen LogP contribution is -2.32. The monoisotopic (exact) mass is 471 g/mol. The van der Waals surface area contributed by atoms with Crippen LogP contribution < -0.4 is 20.5 Å². The standard InChI is InChI=1S/C21H21N5O6S/c1-12-23-15(11-33-12)17-9-14(25-32-17)20-24-26(21(28)31-20)10-18(27)22-8-7-13-5-4-6-16(29-2)19(13)30-3/h4-6,9,11H,7-8,10H2,1-3H3,(H,22,27). The number of amides is 1. The van der Waals surface area contributed by atoms with E-state index in [-0.39, 0.29) is 18.1 Å². The summed E-state index contributed by atoms with van der Waals surface area (Å²) < 4.78 is 22.0. The molecule has 1 aromatic carbocycles. The molecule has 11 nitrogen and oxygen atoms in total. The Labute approximate surface area is 191 Å². The summed E-state index contributed by atoms with van der Waals surface area (Å²) in [6.07, 6.45) is 0.517. The summed E-state index contributed by atoms with van der Waals surface area (Å²) in [4.78, 5) is 28.8. The molecule has 172 valence electrons. The highest BCUT2D eigenvalue weighted by atomic mass is 32.1. The molecular formula is C21H21N5O6S. The summed E-state index contributed by atoms with van der Waals surface area (Å²) in [5, 5.41) is 13.4. The molecule has 0 radical (unpaired) electrons. The largest absolute Gasteiger partial charge is 0.493 e. The zero-order valence-corrected chi connectivity index (χ0v) is 19.0. The van der Waals surface area contributed by atoms with Crippen LogP contribution >= 0.6 is 11.3 Å². The Morgan fingerprint density at radius 1 is 1.24 bits per heavy atom. The number of carbonyl (C=O) groups is 1. The maximum absolute atomic E-state index is 12.3. The third-order valence-corrected chi connectivity index (χ3v) is 5.47. The molecule has 4 rings (SSSR count). The predicted molar refractivity (Wildman–Crippen MR) is 118 cm³/mol. The quantitative estimate of drug-likeness (QED) is 0.390. The number of methoxy groups -OCH3 is 2. The molecule has 3 heterocycles. The highest BCUT2D eigenvalue weighted by molar-refractivity contribution is 7.09. The van der Waals surface area contributed by atoms with Gasteiger partial charge < -0.3 is 23.7 Å². The Morgan fingerprint density at radius 2 is 2.09 bits per heavy atom. The molecule has 0 unspecified atom stereocenters. The maximum atomic E-state index is 12.3. The van der Waals surface area contributed by atoms with Crippen LogP contribution in [0.15, 0.2) is 43.4 Å². The van der Waals surface area contributed by atoms with E-state index < -0.39 is 11.7 Å². The van der Waals surface area contributed by atoms with Crippen molar-refractivity contribution in [2.24, 2.45) is 0 Å². The van der Waals surface area contributed by atoms with Gasteiger partial charge in [-0.2, -0.15) is 4.68 Å². The van der Waals surface area contributed by atoms with Crippen LogP contribution in [-0.2, 0) is 17.8 Å². The number of aryl methyl sites for hydroxylation is 1. The molecule has 12 heteroatoms. The first-order valence-electron chi connectivity index (χ1n) is 9.92. The molecule has 0 aliphatic rings. The van der Waals surface area contributed by atoms with Crippen molar-refractivity contribution in [1.82, 2.24) is 25.2 Å². The van der Waals surface area contributed by atoms with E-state index in [1.54, 1.807) is 26.4 Å². The second kappa shape index (κ2) is 9.69. The lowest BCUT2D eigenvalue weighted by atomic mass is 10.1. The van der Waals surface area contributed by atoms with E-state index in [0.29, 0.717) is 35.9 Å². The van der Waals surface area contributed by atoms with Gasteiger partial charge in [0.2, 0.25) is 5.91 Å². The van der Waals surface area contributed by atoms with Crippen molar-refractivity contribution in [3.8, 4) is 34.5 Å². The number of benzene rings is 1. The Morgan fingerprint density at radius 3 is 2.82 bits per heavy atom. The minimum atomic E-state index is -0.774. The molecule has 1 N–H and O–H groups in total. The number of nitrogens with one attached hydrogen (secondary N) is 1. The summed E-state index contributed by atoms with van der Waals surface area (Å²) in [6, 6.07) is 7.11. The predicted octanol–water partition coefficient (Wildman–Crippen LogP) is 2.30. The van der Waals surface area contributed by atoms with Crippen molar-refractivity contribution in [3.63, 3.8) is 0 Å². The van der Waals surface area contributed by atoms with Crippen LogP contribution in [0.5, 0.6) is 11.5 Å². The van der Waals surface area contributed by atoms with E-state index in [1.165, 1.54) is 11.3 Å². The van der Waals surface area contributed by atoms with Crippen LogP contribution in [-0.4, -0.2) is 46.6 Å². The molecule has 0 saturated heterocycles. The van der Waals surface area contributed by atoms with E-state index in [1.807, 2.05) is 24.4 Å². The van der Waals surface area contributed by atoms with Gasteiger partial charge in [-0.3, -0.25) is 4.79 Å². The van der Waals surface area contributed by atoms with Gasteiger partial charge in [-0.1, -0.05) is 17.3 Å². The summed E-state index contributed by atoms with van der Waals surface area (Å²) in [5.74, 6) is 0.449. The number of para-hydroxylation sites is 1. The first-order valence-corrected chi connectivity index (χ1v) is 10.8. The van der Waals surface area contributed by atoms with Gasteiger partial charge in [-0.15, -0.1) is 16.4 Å². The number of rotatable bonds is 9. The van der Waals surface area contributed by atoms with Gasteiger partial charge in [0.25, 0.3) is 5.89 Å². The van der Waals surface area contributed by atoms with Crippen LogP contribution in [0.1, 0.15) is 10.6 Å². The third-order valence-electron chi connectivity index (χ3n) is 4.70. The van der Waals surface area contributed by atoms with Crippen molar-refractivity contribution in [2.75, 3.05) is 20.8 Å². The second-order valence-electron chi connectivity index (χ2n) is 6.91. The average Bonchev–Trinajstić information content (AvgIpc) is 3.54. The zero-order valence-electron chi connectivity index (χ0n) is 18.2. The summed E-state index contributed by atoms with van der Waals surface area (Å²) >= 11 is 1.48. The fourth-order valence-electron chi connectivity index (χ4n) is 3.16. The molecular weight excluding hydrogens is 450 g/mol. The Balaban J connectivity index is 1.37. The average molecular weight is 471 g/mol. The molecule has 0 aliphatic heterocycles. The first kappa shape index (κ1) is 22.3. The van der Waals surface area contributed by atoms with Gasteiger partial charge in [-0.25, -0.2) is 9.78 Å². The lowest BCUT2D eigenvalue weighted by molar-refractivity contribution is -0.121. The van der Waals surface area contributed by atoms with Gasteiger partial charge in [-0.05, 0) is 25.0 Å². The summed E-state index contributed by atoms with van der Waals surface area (Å²) in [5.41, 5.74) is 1.75. The number of hydrogen-bond donors (Lipinski definition) is 1. The normalized spacial score (nSPS) is 10.9. The van der Waals surface area contributed by atoms with Crippen LogP contribution in [0.2, 0.25) is 0 Å². The molecule has 0 aliphatic carbocycles. The fourth-order valence-corrected chi connectivity index (χ4v) is 3.76. The molecule has 0 atom stereocenters. The first-order chi connectivity index (χ1) is 16.0. The van der Waals surface area contributed by atoms with E-state index in [4.69, 9.17) is 18.4 Å². The minimum absolute atomic E-state index is 0.0455. The van der Waals surface area contributed by atoms with Gasteiger partial charge >= 0.3 is 5.76 Å². The number of hydrogen-bond acceptors (Lipinski definition) is 10. The number of nitrogens with zero attached hydrogens (tertiary/aromatic N) is 4. The van der Waals surface area contributed by atoms with Crippen LogP contribution in [0.25, 0.3) is 23.0 Å². The molecule has 1 amide bonds. The van der Waals surface area contributed by atoms with Crippen molar-refractivity contribution < 1.29 is 23.2 Å². The van der Waals surface area contributed by atoms with Crippen molar-refractivity contribution in [3.05, 3.63) is 50.8 Å². The fraction of sp³-hybridized carbons (Fsp3) is 0.286. The number of carbonyl (C=O) groups excluding carboxylic acids is 1. The van der Waals surface area contributed by atoms with E-state index >= 15 is 0 Å². The molecule has 33 heavy (non-hydrogen) atoms. The number of aromatic nitrogens is 4. The number of thiazole rings is 1. The molecule has 4 aromatic rings. The topological polar surface area (TPSA) is 135 Å². The smallest absolute Gasteiger partial charge is 0.437 e. The molecule has 0 fully saturated rings. The van der Waals surface area contributed by atoms with Crippen LogP contribution in [0.3, 0.4) is 0 Å². The van der Waals surface area contributed by atoms with Gasteiger partial charge in [0.05, 0.1) is 19.2 Å². The van der Waals surface area contributed by atoms with Crippen molar-refractivity contribution in [1.29, 1.82) is 0 Å². The maximum Gasteiger partial charge on any atom is 0.437 e. The molecule has 0 bridgehead atoms. The highest BCUT2D eigenvalue weighted by Crippen LogP contribution is 2.30. The number of ether oxygens (including phenoxy) is 2. The van der Waals surface area contributed by atoms with E-state index in [9.17, 15) is 9.59 Å². The third kappa shape index (κ3) is 4.95. The molecule has 0 spiro atoms. The van der Waals surface area contributed by atoms with Crippen molar-refractivity contribution >= 4 is 17.2 Å². The molecule has 0 saturated carbocycles. The molecule has 3 aromatic heterocycles. The van der Waals surface area contributed by atoms with E-state index in [2.05, 4.69) is 20.6 Å². The Kier molecular flexibility index (Phi) is 6.54. The summed E-state index contributed by atoms with van der Waals surface area (Å²) in [7, 11) is 3.12. The van der Waals surface area contributed by atoms with E-state index in [0.717, 1.165) is 15.3 Å². The van der Waals surface area contributed by atoms with Gasteiger partial charge in [0.1, 0.15) is 12.2 Å². The second-order valence-corrected chi connectivity index (χ2v) is 7.97. The van der Waals surface area contributed by atoms with Gasteiger partial charge in [0.15, 0.2) is 23.0 Å². The van der Waals surface area contributed by atoms with Crippen LogP contribution in [0, 0.1) is 6.92 Å².